The number of imide groups is 1. The fourth-order valence-electron chi connectivity index (χ4n) is 3.83. The normalized spacial score (nSPS) is 18.9. The van der Waals surface area contributed by atoms with Crippen LogP contribution < -0.4 is 10.6 Å². The van der Waals surface area contributed by atoms with Crippen molar-refractivity contribution in [3.8, 4) is 0 Å². The van der Waals surface area contributed by atoms with Gasteiger partial charge in [-0.25, -0.2) is 14.5 Å². The molecule has 1 atom stereocenters. The number of carbonyl (C=O) groups excluding carboxylic acids is 4. The van der Waals surface area contributed by atoms with Crippen LogP contribution in [0.2, 0.25) is 0 Å². The molecule has 1 spiro atoms. The van der Waals surface area contributed by atoms with Crippen LogP contribution in [0.25, 0.3) is 0 Å². The zero-order chi connectivity index (χ0) is 20.3. The van der Waals surface area contributed by atoms with Gasteiger partial charge in [0.1, 0.15) is 11.6 Å². The zero-order valence-electron chi connectivity index (χ0n) is 16.1. The summed E-state index contributed by atoms with van der Waals surface area (Å²) < 4.78 is 4.66. The third-order valence-corrected chi connectivity index (χ3v) is 5.50. The summed E-state index contributed by atoms with van der Waals surface area (Å²) >= 11 is 0. The van der Waals surface area contributed by atoms with Gasteiger partial charge in [-0.1, -0.05) is 25.0 Å². The molecule has 0 radical (unpaired) electrons. The molecule has 0 aromatic heterocycles. The number of hydrogen-bond donors (Lipinski definition) is 2. The molecule has 2 aliphatic rings. The van der Waals surface area contributed by atoms with Crippen LogP contribution in [0.5, 0.6) is 0 Å². The van der Waals surface area contributed by atoms with Crippen molar-refractivity contribution in [1.29, 1.82) is 0 Å². The third kappa shape index (κ3) is 3.72. The first kappa shape index (κ1) is 19.9. The van der Waals surface area contributed by atoms with Crippen LogP contribution in [-0.4, -0.2) is 54.0 Å². The van der Waals surface area contributed by atoms with Crippen LogP contribution in [0.3, 0.4) is 0 Å². The maximum atomic E-state index is 12.7. The van der Waals surface area contributed by atoms with Crippen molar-refractivity contribution in [2.75, 3.05) is 13.7 Å². The first-order chi connectivity index (χ1) is 13.4. The smallest absolute Gasteiger partial charge is 0.337 e. The fourth-order valence-corrected chi connectivity index (χ4v) is 3.83. The number of amides is 4. The summed E-state index contributed by atoms with van der Waals surface area (Å²) in [5.74, 6) is -1.07. The molecule has 1 heterocycles. The molecule has 4 amide bonds. The van der Waals surface area contributed by atoms with E-state index in [4.69, 9.17) is 0 Å². The van der Waals surface area contributed by atoms with Gasteiger partial charge in [-0.05, 0) is 43.9 Å². The molecule has 1 saturated heterocycles. The number of methoxy groups -OCH3 is 1. The Morgan fingerprint density at radius 2 is 1.86 bits per heavy atom. The topological polar surface area (TPSA) is 105 Å². The molecule has 3 rings (SSSR count). The lowest BCUT2D eigenvalue weighted by atomic mass is 9.97. The van der Waals surface area contributed by atoms with Crippen molar-refractivity contribution < 1.29 is 23.9 Å². The lowest BCUT2D eigenvalue weighted by molar-refractivity contribution is -0.137. The van der Waals surface area contributed by atoms with Crippen molar-refractivity contribution in [1.82, 2.24) is 15.5 Å². The van der Waals surface area contributed by atoms with Crippen molar-refractivity contribution in [3.05, 3.63) is 35.4 Å². The van der Waals surface area contributed by atoms with Gasteiger partial charge in [-0.3, -0.25) is 9.59 Å². The van der Waals surface area contributed by atoms with Crippen LogP contribution in [-0.2, 0) is 20.7 Å². The maximum Gasteiger partial charge on any atom is 0.337 e. The molecule has 1 aliphatic heterocycles. The monoisotopic (exact) mass is 387 g/mol. The number of carbonyl (C=O) groups is 4. The van der Waals surface area contributed by atoms with Gasteiger partial charge in [0, 0.05) is 6.54 Å². The van der Waals surface area contributed by atoms with E-state index in [1.165, 1.54) is 7.11 Å². The predicted octanol–water partition coefficient (Wildman–Crippen LogP) is 1.38. The number of benzene rings is 1. The number of hydrogen-bond acceptors (Lipinski definition) is 5. The van der Waals surface area contributed by atoms with E-state index >= 15 is 0 Å². The summed E-state index contributed by atoms with van der Waals surface area (Å²) in [6, 6.07) is 5.56. The first-order valence-corrected chi connectivity index (χ1v) is 9.49. The second kappa shape index (κ2) is 8.00. The van der Waals surface area contributed by atoms with Gasteiger partial charge in [0.2, 0.25) is 5.91 Å². The minimum Gasteiger partial charge on any atom is -0.465 e. The molecule has 1 unspecified atom stereocenters. The second-order valence-corrected chi connectivity index (χ2v) is 7.30. The van der Waals surface area contributed by atoms with E-state index in [0.717, 1.165) is 23.3 Å². The molecule has 28 heavy (non-hydrogen) atoms. The first-order valence-electron chi connectivity index (χ1n) is 9.49. The average Bonchev–Trinajstić information content (AvgIpc) is 3.26. The van der Waals surface area contributed by atoms with E-state index in [9.17, 15) is 19.2 Å². The summed E-state index contributed by atoms with van der Waals surface area (Å²) in [7, 11) is 1.33. The van der Waals surface area contributed by atoms with Crippen molar-refractivity contribution in [2.24, 2.45) is 0 Å². The van der Waals surface area contributed by atoms with E-state index in [1.54, 1.807) is 31.2 Å². The van der Waals surface area contributed by atoms with Crippen LogP contribution >= 0.6 is 0 Å². The molecule has 1 aliphatic carbocycles. The summed E-state index contributed by atoms with van der Waals surface area (Å²) in [5, 5.41) is 5.56. The summed E-state index contributed by atoms with van der Waals surface area (Å²) in [6.45, 7) is 1.92. The highest BCUT2D eigenvalue weighted by molar-refractivity contribution is 6.09. The third-order valence-electron chi connectivity index (χ3n) is 5.50. The van der Waals surface area contributed by atoms with E-state index in [0.29, 0.717) is 31.4 Å². The summed E-state index contributed by atoms with van der Waals surface area (Å²) in [5.41, 5.74) is 0.594. The predicted molar refractivity (Wildman–Crippen MR) is 101 cm³/mol. The van der Waals surface area contributed by atoms with Crippen LogP contribution in [0.4, 0.5) is 4.79 Å². The van der Waals surface area contributed by atoms with Crippen LogP contribution in [0.1, 0.15) is 48.5 Å². The Bertz CT molecular complexity index is 784. The quantitative estimate of drug-likeness (QED) is 0.567. The van der Waals surface area contributed by atoms with E-state index < -0.39 is 23.6 Å². The van der Waals surface area contributed by atoms with Crippen LogP contribution in [0, 0.1) is 0 Å². The minimum atomic E-state index is -0.867. The van der Waals surface area contributed by atoms with Crippen molar-refractivity contribution in [2.45, 2.75) is 50.6 Å². The lowest BCUT2D eigenvalue weighted by Gasteiger charge is -2.23. The van der Waals surface area contributed by atoms with Gasteiger partial charge in [0.05, 0.1) is 12.7 Å². The summed E-state index contributed by atoms with van der Waals surface area (Å²) in [4.78, 5) is 49.9. The highest BCUT2D eigenvalue weighted by atomic mass is 16.5. The maximum absolute atomic E-state index is 12.7. The van der Waals surface area contributed by atoms with Gasteiger partial charge in [-0.2, -0.15) is 0 Å². The Kier molecular flexibility index (Phi) is 5.67. The largest absolute Gasteiger partial charge is 0.465 e. The molecule has 1 saturated carbocycles. The van der Waals surface area contributed by atoms with E-state index in [-0.39, 0.29) is 11.8 Å². The number of nitrogens with one attached hydrogen (secondary N) is 2. The highest BCUT2D eigenvalue weighted by Crippen LogP contribution is 2.35. The van der Waals surface area contributed by atoms with Gasteiger partial charge < -0.3 is 15.4 Å². The minimum absolute atomic E-state index is 0.295. The Balaban J connectivity index is 1.53. The molecule has 150 valence electrons. The highest BCUT2D eigenvalue weighted by Gasteiger charge is 2.54. The van der Waals surface area contributed by atoms with E-state index in [2.05, 4.69) is 15.4 Å². The molecule has 2 N–H and O–H groups in total. The average molecular weight is 387 g/mol. The lowest BCUT2D eigenvalue weighted by Crippen LogP contribution is -2.50. The number of urea groups is 1. The number of esters is 1. The molecule has 8 heteroatoms. The van der Waals surface area contributed by atoms with Crippen molar-refractivity contribution >= 4 is 23.8 Å². The number of ether oxygens (including phenoxy) is 1. The Morgan fingerprint density at radius 1 is 1.21 bits per heavy atom. The number of rotatable bonds is 6. The van der Waals surface area contributed by atoms with Gasteiger partial charge in [0.15, 0.2) is 0 Å². The molecule has 8 nitrogen and oxygen atoms in total. The van der Waals surface area contributed by atoms with Crippen LogP contribution in [0.15, 0.2) is 24.3 Å². The fraction of sp³-hybridized carbons (Fsp3) is 0.500. The number of nitrogens with zero attached hydrogens (tertiary/aromatic N) is 1. The zero-order valence-corrected chi connectivity index (χ0v) is 16.1. The van der Waals surface area contributed by atoms with Crippen molar-refractivity contribution in [3.63, 3.8) is 0 Å². The Morgan fingerprint density at radius 3 is 2.46 bits per heavy atom. The van der Waals surface area contributed by atoms with Gasteiger partial charge in [-0.15, -0.1) is 0 Å². The standard InChI is InChI=1S/C20H25N3O5/c1-13(23-18(26)20(22-19(23)27)10-3-4-11-20)16(24)21-12-9-14-5-7-15(8-6-14)17(25)28-2/h5-8,13H,3-4,9-12H2,1-2H3,(H,21,24)(H,22,27). The summed E-state index contributed by atoms with van der Waals surface area (Å²) in [6.07, 6.45) is 3.61. The van der Waals surface area contributed by atoms with Gasteiger partial charge in [0.25, 0.3) is 5.91 Å². The molecular weight excluding hydrogens is 362 g/mol. The Labute approximate surface area is 163 Å². The molecule has 1 aromatic rings. The Hall–Kier alpha value is -2.90. The van der Waals surface area contributed by atoms with Gasteiger partial charge >= 0.3 is 12.0 Å². The SMILES string of the molecule is COC(=O)c1ccc(CCNC(=O)C(C)N2C(=O)NC3(CCCC3)C2=O)cc1. The second-order valence-electron chi connectivity index (χ2n) is 7.30. The molecule has 0 bridgehead atoms. The van der Waals surface area contributed by atoms with E-state index in [1.807, 2.05) is 0 Å². The molecular formula is C20H25N3O5. The molecule has 1 aromatic carbocycles. The molecule has 2 fully saturated rings.